The smallest absolute Gasteiger partial charge is 0.123 e. The van der Waals surface area contributed by atoms with Gasteiger partial charge in [-0.05, 0) is 43.0 Å². The van der Waals surface area contributed by atoms with Gasteiger partial charge in [0.2, 0.25) is 0 Å². The molecule has 100 valence electrons. The summed E-state index contributed by atoms with van der Waals surface area (Å²) < 4.78 is 13.4. The van der Waals surface area contributed by atoms with E-state index in [9.17, 15) is 4.39 Å². The Balaban J connectivity index is 2.16. The van der Waals surface area contributed by atoms with E-state index in [1.54, 1.807) is 12.1 Å². The second-order valence-corrected chi connectivity index (χ2v) is 5.50. The molecule has 1 N–H and O–H groups in total. The van der Waals surface area contributed by atoms with Gasteiger partial charge in [0.15, 0.2) is 0 Å². The first kappa shape index (κ1) is 13.3. The van der Waals surface area contributed by atoms with Gasteiger partial charge in [-0.1, -0.05) is 13.8 Å². The number of rotatable bonds is 5. The highest BCUT2D eigenvalue weighted by Crippen LogP contribution is 2.30. The van der Waals surface area contributed by atoms with Crippen LogP contribution in [0.1, 0.15) is 38.7 Å². The lowest BCUT2D eigenvalue weighted by Gasteiger charge is -2.37. The van der Waals surface area contributed by atoms with Crippen LogP contribution in [0.5, 0.6) is 0 Å². The minimum atomic E-state index is -0.152. The molecule has 18 heavy (non-hydrogen) atoms. The van der Waals surface area contributed by atoms with E-state index in [4.69, 9.17) is 0 Å². The Morgan fingerprint density at radius 1 is 1.39 bits per heavy atom. The summed E-state index contributed by atoms with van der Waals surface area (Å²) in [6, 6.07) is 6.16. The van der Waals surface area contributed by atoms with E-state index in [2.05, 4.69) is 31.1 Å². The maximum atomic E-state index is 13.4. The molecule has 0 radical (unpaired) electrons. The predicted octanol–water partition coefficient (Wildman–Crippen LogP) is 3.31. The van der Waals surface area contributed by atoms with E-state index in [-0.39, 0.29) is 5.82 Å². The molecule has 0 heterocycles. The maximum Gasteiger partial charge on any atom is 0.123 e. The Kier molecular flexibility index (Phi) is 4.23. The standard InChI is InChI=1S/C15H23FN2/c1-11(2)17-10-12-9-13(16)7-8-15(12)18(3)14-5-4-6-14/h7-9,11,14,17H,4-6,10H2,1-3H3. The molecule has 0 bridgehead atoms. The molecule has 1 saturated carbocycles. The van der Waals surface area contributed by atoms with Crippen LogP contribution in [0, 0.1) is 5.82 Å². The highest BCUT2D eigenvalue weighted by Gasteiger charge is 2.23. The molecule has 0 saturated heterocycles. The van der Waals surface area contributed by atoms with Crippen molar-refractivity contribution < 1.29 is 4.39 Å². The number of halogens is 1. The lowest BCUT2D eigenvalue weighted by molar-refractivity contribution is 0.400. The van der Waals surface area contributed by atoms with Crippen LogP contribution >= 0.6 is 0 Å². The van der Waals surface area contributed by atoms with Gasteiger partial charge >= 0.3 is 0 Å². The molecular formula is C15H23FN2. The Labute approximate surface area is 109 Å². The summed E-state index contributed by atoms with van der Waals surface area (Å²) in [5.74, 6) is -0.152. The van der Waals surface area contributed by atoms with E-state index in [1.807, 2.05) is 6.07 Å². The van der Waals surface area contributed by atoms with E-state index in [0.717, 1.165) is 17.8 Å². The van der Waals surface area contributed by atoms with Crippen molar-refractivity contribution in [1.29, 1.82) is 0 Å². The number of benzene rings is 1. The van der Waals surface area contributed by atoms with Gasteiger partial charge in [0, 0.05) is 31.4 Å². The van der Waals surface area contributed by atoms with Gasteiger partial charge in [0.05, 0.1) is 0 Å². The van der Waals surface area contributed by atoms with Crippen LogP contribution in [0.3, 0.4) is 0 Å². The Morgan fingerprint density at radius 3 is 2.67 bits per heavy atom. The van der Waals surface area contributed by atoms with Crippen molar-refractivity contribution in [3.63, 3.8) is 0 Å². The summed E-state index contributed by atoms with van der Waals surface area (Å²) in [5, 5.41) is 3.37. The Bertz CT molecular complexity index is 399. The third-order valence-electron chi connectivity index (χ3n) is 3.74. The summed E-state index contributed by atoms with van der Waals surface area (Å²) in [5.41, 5.74) is 2.22. The minimum absolute atomic E-state index is 0.152. The molecular weight excluding hydrogens is 227 g/mol. The molecule has 1 aromatic rings. The number of nitrogens with zero attached hydrogens (tertiary/aromatic N) is 1. The van der Waals surface area contributed by atoms with Gasteiger partial charge in [-0.15, -0.1) is 0 Å². The van der Waals surface area contributed by atoms with E-state index in [1.165, 1.54) is 19.3 Å². The number of hydrogen-bond acceptors (Lipinski definition) is 2. The predicted molar refractivity (Wildman–Crippen MR) is 74.4 cm³/mol. The summed E-state index contributed by atoms with van der Waals surface area (Å²) in [7, 11) is 2.12. The van der Waals surface area contributed by atoms with Crippen molar-refractivity contribution in [2.75, 3.05) is 11.9 Å². The number of anilines is 1. The Hall–Kier alpha value is -1.09. The van der Waals surface area contributed by atoms with Gasteiger partial charge in [0.25, 0.3) is 0 Å². The summed E-state index contributed by atoms with van der Waals surface area (Å²) in [6.07, 6.45) is 3.83. The zero-order chi connectivity index (χ0) is 13.1. The topological polar surface area (TPSA) is 15.3 Å². The van der Waals surface area contributed by atoms with E-state index >= 15 is 0 Å². The summed E-state index contributed by atoms with van der Waals surface area (Å²) >= 11 is 0. The van der Waals surface area contributed by atoms with E-state index in [0.29, 0.717) is 12.1 Å². The average Bonchev–Trinajstić information content (AvgIpc) is 2.23. The molecule has 0 aliphatic heterocycles. The lowest BCUT2D eigenvalue weighted by Crippen LogP contribution is -2.38. The van der Waals surface area contributed by atoms with Crippen LogP contribution in [-0.2, 0) is 6.54 Å². The fourth-order valence-corrected chi connectivity index (χ4v) is 2.32. The maximum absolute atomic E-state index is 13.4. The van der Waals surface area contributed by atoms with Crippen molar-refractivity contribution in [2.24, 2.45) is 0 Å². The molecule has 0 spiro atoms. The third-order valence-corrected chi connectivity index (χ3v) is 3.74. The van der Waals surface area contributed by atoms with Crippen LogP contribution in [-0.4, -0.2) is 19.1 Å². The first-order valence-corrected chi connectivity index (χ1v) is 6.82. The minimum Gasteiger partial charge on any atom is -0.371 e. The zero-order valence-electron chi connectivity index (χ0n) is 11.5. The molecule has 0 amide bonds. The van der Waals surface area contributed by atoms with E-state index < -0.39 is 0 Å². The van der Waals surface area contributed by atoms with Gasteiger partial charge in [0.1, 0.15) is 5.82 Å². The van der Waals surface area contributed by atoms with Crippen LogP contribution in [0.2, 0.25) is 0 Å². The molecule has 3 heteroatoms. The van der Waals surface area contributed by atoms with Crippen LogP contribution in [0.4, 0.5) is 10.1 Å². The van der Waals surface area contributed by atoms with Crippen molar-refractivity contribution >= 4 is 5.69 Å². The normalized spacial score (nSPS) is 15.8. The average molecular weight is 250 g/mol. The first-order valence-electron chi connectivity index (χ1n) is 6.82. The third kappa shape index (κ3) is 3.02. The fraction of sp³-hybridized carbons (Fsp3) is 0.600. The lowest BCUT2D eigenvalue weighted by atomic mass is 9.91. The molecule has 0 unspecified atom stereocenters. The monoisotopic (exact) mass is 250 g/mol. The van der Waals surface area contributed by atoms with Gasteiger partial charge < -0.3 is 10.2 Å². The molecule has 1 aliphatic carbocycles. The second-order valence-electron chi connectivity index (χ2n) is 5.50. The molecule has 2 rings (SSSR count). The van der Waals surface area contributed by atoms with Crippen LogP contribution in [0.15, 0.2) is 18.2 Å². The quantitative estimate of drug-likeness (QED) is 0.862. The van der Waals surface area contributed by atoms with Crippen molar-refractivity contribution in [3.8, 4) is 0 Å². The van der Waals surface area contributed by atoms with Gasteiger partial charge in [-0.2, -0.15) is 0 Å². The van der Waals surface area contributed by atoms with Gasteiger partial charge in [-0.3, -0.25) is 0 Å². The first-order chi connectivity index (χ1) is 8.58. The molecule has 2 nitrogen and oxygen atoms in total. The molecule has 1 aliphatic rings. The summed E-state index contributed by atoms with van der Waals surface area (Å²) in [4.78, 5) is 2.31. The van der Waals surface area contributed by atoms with Crippen molar-refractivity contribution in [2.45, 2.75) is 51.7 Å². The van der Waals surface area contributed by atoms with Crippen LogP contribution < -0.4 is 10.2 Å². The van der Waals surface area contributed by atoms with Crippen LogP contribution in [0.25, 0.3) is 0 Å². The van der Waals surface area contributed by atoms with Gasteiger partial charge in [-0.25, -0.2) is 4.39 Å². The SMILES string of the molecule is CC(C)NCc1cc(F)ccc1N(C)C1CCC1. The zero-order valence-corrected chi connectivity index (χ0v) is 11.5. The second kappa shape index (κ2) is 5.70. The number of nitrogens with one attached hydrogen (secondary N) is 1. The highest BCUT2D eigenvalue weighted by atomic mass is 19.1. The van der Waals surface area contributed by atoms with Crippen molar-refractivity contribution in [1.82, 2.24) is 5.32 Å². The summed E-state index contributed by atoms with van der Waals surface area (Å²) in [6.45, 7) is 4.94. The Morgan fingerprint density at radius 2 is 2.11 bits per heavy atom. The highest BCUT2D eigenvalue weighted by molar-refractivity contribution is 5.54. The number of hydrogen-bond donors (Lipinski definition) is 1. The molecule has 1 aromatic carbocycles. The largest absolute Gasteiger partial charge is 0.371 e. The molecule has 1 fully saturated rings. The fourth-order valence-electron chi connectivity index (χ4n) is 2.32. The molecule has 0 atom stereocenters. The molecule has 0 aromatic heterocycles. The van der Waals surface area contributed by atoms with Crippen molar-refractivity contribution in [3.05, 3.63) is 29.6 Å².